The first-order valence-corrected chi connectivity index (χ1v) is 7.16. The molecule has 3 amide bonds. The van der Waals surface area contributed by atoms with Crippen molar-refractivity contribution in [2.45, 2.75) is 19.3 Å². The van der Waals surface area contributed by atoms with Crippen LogP contribution in [0, 0.1) is 5.41 Å². The third-order valence-corrected chi connectivity index (χ3v) is 4.43. The molecule has 0 aromatic rings. The van der Waals surface area contributed by atoms with Crippen LogP contribution >= 0.6 is 0 Å². The van der Waals surface area contributed by atoms with Crippen LogP contribution in [0.3, 0.4) is 0 Å². The second kappa shape index (κ2) is 4.79. The van der Waals surface area contributed by atoms with Crippen molar-refractivity contribution in [2.75, 3.05) is 20.6 Å². The van der Waals surface area contributed by atoms with Gasteiger partial charge in [-0.2, -0.15) is 0 Å². The first-order chi connectivity index (χ1) is 10.3. The molecular formula is C15H18N4O3. The number of hydrogen-bond donors (Lipinski definition) is 1. The lowest BCUT2D eigenvalue weighted by Gasteiger charge is -2.33. The van der Waals surface area contributed by atoms with Gasteiger partial charge in [0.05, 0.1) is 11.8 Å². The molecule has 7 nitrogen and oxygen atoms in total. The topological polar surface area (TPSA) is 96.1 Å². The van der Waals surface area contributed by atoms with Crippen LogP contribution in [0.2, 0.25) is 0 Å². The van der Waals surface area contributed by atoms with Crippen LogP contribution < -0.4 is 5.73 Å². The summed E-state index contributed by atoms with van der Waals surface area (Å²) in [6.07, 6.45) is 4.71. The van der Waals surface area contributed by atoms with E-state index in [1.165, 1.54) is 9.80 Å². The maximum atomic E-state index is 12.5. The molecular weight excluding hydrogens is 284 g/mol. The largest absolute Gasteiger partial charge is 0.369 e. The fourth-order valence-electron chi connectivity index (χ4n) is 3.04. The average Bonchev–Trinajstić information content (AvgIpc) is 2.74. The van der Waals surface area contributed by atoms with Crippen molar-refractivity contribution in [1.82, 2.24) is 9.80 Å². The second-order valence-electron chi connectivity index (χ2n) is 6.12. The predicted molar refractivity (Wildman–Crippen MR) is 79.5 cm³/mol. The molecule has 3 aliphatic heterocycles. The summed E-state index contributed by atoms with van der Waals surface area (Å²) in [5.74, 6) is -0.438. The third kappa shape index (κ3) is 2.04. The second-order valence-corrected chi connectivity index (χ2v) is 6.12. The van der Waals surface area contributed by atoms with E-state index in [9.17, 15) is 14.4 Å². The summed E-state index contributed by atoms with van der Waals surface area (Å²) in [7, 11) is 3.25. The predicted octanol–water partition coefficient (Wildman–Crippen LogP) is -0.205. The van der Waals surface area contributed by atoms with Crippen molar-refractivity contribution >= 4 is 23.4 Å². The van der Waals surface area contributed by atoms with Gasteiger partial charge in [-0.1, -0.05) is 12.2 Å². The minimum Gasteiger partial charge on any atom is -0.369 e. The fourth-order valence-corrected chi connectivity index (χ4v) is 3.04. The van der Waals surface area contributed by atoms with Crippen molar-refractivity contribution in [2.24, 2.45) is 16.1 Å². The first-order valence-electron chi connectivity index (χ1n) is 7.16. The summed E-state index contributed by atoms with van der Waals surface area (Å²) in [6.45, 7) is 0.198. The minimum absolute atomic E-state index is 0.0529. The Labute approximate surface area is 128 Å². The summed E-state index contributed by atoms with van der Waals surface area (Å²) in [4.78, 5) is 43.7. The van der Waals surface area contributed by atoms with Crippen LogP contribution in [0.1, 0.15) is 19.3 Å². The molecule has 1 aliphatic carbocycles. The van der Waals surface area contributed by atoms with E-state index in [1.54, 1.807) is 20.2 Å². The van der Waals surface area contributed by atoms with Crippen molar-refractivity contribution in [1.29, 1.82) is 0 Å². The fraction of sp³-hybridized carbons (Fsp3) is 0.467. The van der Waals surface area contributed by atoms with Crippen molar-refractivity contribution < 1.29 is 14.4 Å². The molecule has 0 fully saturated rings. The van der Waals surface area contributed by atoms with Crippen LogP contribution in [0.25, 0.3) is 0 Å². The molecule has 0 saturated carbocycles. The van der Waals surface area contributed by atoms with Crippen LogP contribution in [-0.2, 0) is 14.4 Å². The molecule has 1 unspecified atom stereocenters. The molecule has 2 N–H and O–H groups in total. The molecule has 7 heteroatoms. The Morgan fingerprint density at radius 2 is 2.14 bits per heavy atom. The number of fused-ring (bicyclic) bond motifs is 1. The summed E-state index contributed by atoms with van der Waals surface area (Å²) < 4.78 is 0. The van der Waals surface area contributed by atoms with E-state index in [1.807, 2.05) is 6.08 Å². The molecule has 0 aromatic heterocycles. The van der Waals surface area contributed by atoms with Gasteiger partial charge in [-0.15, -0.1) is 0 Å². The molecule has 116 valence electrons. The van der Waals surface area contributed by atoms with Gasteiger partial charge in [0.15, 0.2) is 0 Å². The number of primary amides is 1. The number of carbonyl (C=O) groups excluding carboxylic acids is 3. The third-order valence-electron chi connectivity index (χ3n) is 4.43. The van der Waals surface area contributed by atoms with E-state index < -0.39 is 11.3 Å². The maximum absolute atomic E-state index is 12.5. The molecule has 0 spiro atoms. The summed E-state index contributed by atoms with van der Waals surface area (Å²) in [5.41, 5.74) is 5.82. The number of nitrogens with two attached hydrogens (primary N) is 1. The molecule has 4 aliphatic rings. The average molecular weight is 302 g/mol. The van der Waals surface area contributed by atoms with Gasteiger partial charge in [-0.05, 0) is 18.4 Å². The van der Waals surface area contributed by atoms with E-state index >= 15 is 0 Å². The highest BCUT2D eigenvalue weighted by Gasteiger charge is 2.45. The Balaban J connectivity index is 2.06. The number of allylic oxidation sites excluding steroid dienone is 2. The van der Waals surface area contributed by atoms with Crippen LogP contribution in [0.15, 0.2) is 28.5 Å². The summed E-state index contributed by atoms with van der Waals surface area (Å²) in [6, 6.07) is 0. The highest BCUT2D eigenvalue weighted by molar-refractivity contribution is 6.42. The van der Waals surface area contributed by atoms with Gasteiger partial charge in [0.1, 0.15) is 11.5 Å². The van der Waals surface area contributed by atoms with E-state index in [4.69, 9.17) is 5.73 Å². The van der Waals surface area contributed by atoms with E-state index in [0.717, 1.165) is 5.57 Å². The lowest BCUT2D eigenvalue weighted by molar-refractivity contribution is -0.133. The lowest BCUT2D eigenvalue weighted by atomic mass is 9.78. The van der Waals surface area contributed by atoms with Crippen LogP contribution in [0.4, 0.5) is 0 Å². The quantitative estimate of drug-likeness (QED) is 0.764. The Bertz CT molecular complexity index is 674. The van der Waals surface area contributed by atoms with Gasteiger partial charge in [-0.3, -0.25) is 19.3 Å². The molecule has 0 saturated heterocycles. The van der Waals surface area contributed by atoms with E-state index in [2.05, 4.69) is 4.99 Å². The summed E-state index contributed by atoms with van der Waals surface area (Å²) in [5, 5.41) is 0. The van der Waals surface area contributed by atoms with E-state index in [-0.39, 0.29) is 30.5 Å². The molecule has 3 heterocycles. The molecule has 22 heavy (non-hydrogen) atoms. The standard InChI is InChI=1S/C15H18N4O3/c1-18(2)13(21)10-7-11(20)19-8-15(14(16)22)5-3-9(4-6-15)12(19)17-10/h3,5H,4,6-8H2,1-2H3,(H2,16,22). The first kappa shape index (κ1) is 14.5. The smallest absolute Gasteiger partial charge is 0.268 e. The van der Waals surface area contributed by atoms with Crippen molar-refractivity contribution in [3.05, 3.63) is 23.5 Å². The Morgan fingerprint density at radius 3 is 2.68 bits per heavy atom. The molecule has 0 radical (unpaired) electrons. The van der Waals surface area contributed by atoms with Gasteiger partial charge in [-0.25, -0.2) is 4.99 Å². The van der Waals surface area contributed by atoms with Crippen molar-refractivity contribution in [3.63, 3.8) is 0 Å². The summed E-state index contributed by atoms with van der Waals surface area (Å²) >= 11 is 0. The SMILES string of the molecule is CN(C)C(=O)C1=NC2=C3C=CC(C(N)=O)(CC3)CN2C(=O)C1. The Kier molecular flexibility index (Phi) is 3.16. The van der Waals surface area contributed by atoms with Gasteiger partial charge in [0, 0.05) is 20.6 Å². The zero-order valence-corrected chi connectivity index (χ0v) is 12.6. The van der Waals surface area contributed by atoms with Crippen LogP contribution in [0.5, 0.6) is 0 Å². The molecule has 2 bridgehead atoms. The lowest BCUT2D eigenvalue weighted by Crippen LogP contribution is -2.48. The molecule has 0 aromatic carbocycles. The normalized spacial score (nSPS) is 26.5. The minimum atomic E-state index is -0.834. The highest BCUT2D eigenvalue weighted by atomic mass is 16.2. The Hall–Kier alpha value is -2.44. The maximum Gasteiger partial charge on any atom is 0.268 e. The number of rotatable bonds is 2. The Morgan fingerprint density at radius 1 is 1.41 bits per heavy atom. The van der Waals surface area contributed by atoms with Gasteiger partial charge in [0.25, 0.3) is 5.91 Å². The van der Waals surface area contributed by atoms with Crippen molar-refractivity contribution in [3.8, 4) is 0 Å². The van der Waals surface area contributed by atoms with E-state index in [0.29, 0.717) is 18.7 Å². The number of carbonyl (C=O) groups is 3. The number of aliphatic imine (C=N–C) groups is 1. The zero-order valence-electron chi connectivity index (χ0n) is 12.6. The molecule has 1 atom stereocenters. The highest BCUT2D eigenvalue weighted by Crippen LogP contribution is 2.41. The monoisotopic (exact) mass is 302 g/mol. The van der Waals surface area contributed by atoms with Crippen LogP contribution in [-0.4, -0.2) is 53.9 Å². The van der Waals surface area contributed by atoms with Gasteiger partial charge < -0.3 is 10.6 Å². The number of nitrogens with zero attached hydrogens (tertiary/aromatic N) is 3. The van der Waals surface area contributed by atoms with Gasteiger partial charge in [0.2, 0.25) is 11.8 Å². The number of amides is 3. The zero-order chi connectivity index (χ0) is 16.1. The number of hydrogen-bond acceptors (Lipinski definition) is 4. The van der Waals surface area contributed by atoms with Gasteiger partial charge >= 0.3 is 0 Å². The molecule has 4 rings (SSSR count).